The van der Waals surface area contributed by atoms with Crippen LogP contribution >= 0.6 is 0 Å². The lowest BCUT2D eigenvalue weighted by atomic mass is 10.2. The molecule has 0 N–H and O–H groups in total. The van der Waals surface area contributed by atoms with E-state index in [1.165, 1.54) is 45.4 Å². The molecule has 0 aromatic heterocycles. The predicted octanol–water partition coefficient (Wildman–Crippen LogP) is 5.91. The Hall–Kier alpha value is -1.64. The molecule has 0 radical (unpaired) electrons. The number of rotatable bonds is 11. The minimum absolute atomic E-state index is 0.150. The maximum Gasteiger partial charge on any atom is 0.308 e. The van der Waals surface area contributed by atoms with Gasteiger partial charge in [-0.05, 0) is 44.8 Å². The van der Waals surface area contributed by atoms with E-state index in [1.807, 2.05) is 12.2 Å². The topological polar surface area (TPSA) is 43.4 Å². The van der Waals surface area contributed by atoms with Gasteiger partial charge in [0.05, 0.1) is 0 Å². The SMILES string of the molecule is C=C(/C=C/CCCCC)OC(C)=O.CCCCC/C=C/C(C)=O. The van der Waals surface area contributed by atoms with Crippen molar-refractivity contribution in [3.8, 4) is 0 Å². The van der Waals surface area contributed by atoms with E-state index in [4.69, 9.17) is 4.74 Å². The Morgan fingerprint density at radius 2 is 1.35 bits per heavy atom. The van der Waals surface area contributed by atoms with Gasteiger partial charge in [-0.15, -0.1) is 0 Å². The Bertz CT molecular complexity index is 378. The smallest absolute Gasteiger partial charge is 0.308 e. The fraction of sp³-hybridized carbons (Fsp3) is 0.600. The van der Waals surface area contributed by atoms with Crippen LogP contribution in [0, 0.1) is 0 Å². The summed E-state index contributed by atoms with van der Waals surface area (Å²) in [6.45, 7) is 10.9. The van der Waals surface area contributed by atoms with Gasteiger partial charge in [0.1, 0.15) is 5.76 Å². The number of unbranched alkanes of at least 4 members (excludes halogenated alkanes) is 6. The normalized spacial score (nSPS) is 10.4. The second-order valence-corrected chi connectivity index (χ2v) is 5.47. The van der Waals surface area contributed by atoms with Crippen LogP contribution in [0.5, 0.6) is 0 Å². The van der Waals surface area contributed by atoms with Crippen molar-refractivity contribution >= 4 is 11.8 Å². The van der Waals surface area contributed by atoms with Crippen molar-refractivity contribution < 1.29 is 14.3 Å². The Labute approximate surface area is 142 Å². The average Bonchev–Trinajstić information content (AvgIpc) is 2.46. The molecule has 132 valence electrons. The standard InChI is InChI=1S/C11H18O2.C9H16O/c1-4-5-6-7-8-9-10(2)13-11(3)12;1-3-4-5-6-7-8-9(2)10/h8-9H,2,4-7H2,1,3H3;7-8H,3-6H2,1-2H3/b9-8+;8-7+. The minimum Gasteiger partial charge on any atom is -0.427 e. The van der Waals surface area contributed by atoms with Gasteiger partial charge in [0, 0.05) is 6.92 Å². The van der Waals surface area contributed by atoms with Gasteiger partial charge in [-0.2, -0.15) is 0 Å². The Balaban J connectivity index is 0. The van der Waals surface area contributed by atoms with E-state index in [1.54, 1.807) is 19.1 Å². The first-order valence-electron chi connectivity index (χ1n) is 8.64. The summed E-state index contributed by atoms with van der Waals surface area (Å²) < 4.78 is 4.74. The van der Waals surface area contributed by atoms with Gasteiger partial charge in [0.25, 0.3) is 0 Å². The molecule has 0 aromatic rings. The molecule has 0 fully saturated rings. The van der Waals surface area contributed by atoms with Crippen molar-refractivity contribution in [1.82, 2.24) is 0 Å². The first-order valence-corrected chi connectivity index (χ1v) is 8.64. The number of ether oxygens (including phenoxy) is 1. The van der Waals surface area contributed by atoms with Gasteiger partial charge in [-0.3, -0.25) is 9.59 Å². The molecule has 0 saturated heterocycles. The van der Waals surface area contributed by atoms with Crippen LogP contribution in [0.15, 0.2) is 36.6 Å². The van der Waals surface area contributed by atoms with Gasteiger partial charge in [-0.1, -0.05) is 58.3 Å². The lowest BCUT2D eigenvalue weighted by molar-refractivity contribution is -0.136. The molecule has 0 aromatic carbocycles. The van der Waals surface area contributed by atoms with Crippen molar-refractivity contribution in [2.75, 3.05) is 0 Å². The first kappa shape index (κ1) is 23.6. The zero-order chi connectivity index (χ0) is 17.9. The number of esters is 1. The first-order chi connectivity index (χ1) is 10.9. The van der Waals surface area contributed by atoms with E-state index in [9.17, 15) is 9.59 Å². The molecule has 0 aliphatic carbocycles. The quantitative estimate of drug-likeness (QED) is 0.156. The van der Waals surface area contributed by atoms with Gasteiger partial charge >= 0.3 is 5.97 Å². The lowest BCUT2D eigenvalue weighted by Gasteiger charge is -1.98. The molecule has 3 nitrogen and oxygen atoms in total. The zero-order valence-corrected chi connectivity index (χ0v) is 15.4. The number of hydrogen-bond acceptors (Lipinski definition) is 3. The molecule has 3 heteroatoms. The fourth-order valence-corrected chi connectivity index (χ4v) is 1.71. The molecule has 0 aliphatic heterocycles. The van der Waals surface area contributed by atoms with Crippen LogP contribution in [0.3, 0.4) is 0 Å². The summed E-state index contributed by atoms with van der Waals surface area (Å²) in [4.78, 5) is 20.9. The van der Waals surface area contributed by atoms with Crippen LogP contribution in [-0.2, 0) is 14.3 Å². The summed E-state index contributed by atoms with van der Waals surface area (Å²) in [6.07, 6.45) is 16.8. The predicted molar refractivity (Wildman–Crippen MR) is 98.2 cm³/mol. The van der Waals surface area contributed by atoms with E-state index in [0.717, 1.165) is 12.8 Å². The van der Waals surface area contributed by atoms with Crippen LogP contribution in [0.25, 0.3) is 0 Å². The molecule has 0 bridgehead atoms. The molecule has 0 spiro atoms. The minimum atomic E-state index is -0.316. The Kier molecular flexibility index (Phi) is 18.9. The van der Waals surface area contributed by atoms with Crippen molar-refractivity contribution in [1.29, 1.82) is 0 Å². The van der Waals surface area contributed by atoms with Gasteiger partial charge in [0.15, 0.2) is 5.78 Å². The van der Waals surface area contributed by atoms with Crippen molar-refractivity contribution in [2.45, 2.75) is 79.1 Å². The lowest BCUT2D eigenvalue weighted by Crippen LogP contribution is -1.94. The maximum absolute atomic E-state index is 10.5. The number of ketones is 1. The molecule has 23 heavy (non-hydrogen) atoms. The van der Waals surface area contributed by atoms with Gasteiger partial charge < -0.3 is 4.74 Å². The van der Waals surface area contributed by atoms with E-state index in [2.05, 4.69) is 20.4 Å². The largest absolute Gasteiger partial charge is 0.427 e. The molecular formula is C20H34O3. The van der Waals surface area contributed by atoms with Crippen LogP contribution < -0.4 is 0 Å². The van der Waals surface area contributed by atoms with Crippen LogP contribution in [0.2, 0.25) is 0 Å². The third-order valence-corrected chi connectivity index (χ3v) is 2.88. The Morgan fingerprint density at radius 1 is 0.870 bits per heavy atom. The van der Waals surface area contributed by atoms with Crippen molar-refractivity contribution in [3.63, 3.8) is 0 Å². The number of carbonyl (C=O) groups is 2. The summed E-state index contributed by atoms with van der Waals surface area (Å²) in [7, 11) is 0. The van der Waals surface area contributed by atoms with Crippen molar-refractivity contribution in [3.05, 3.63) is 36.6 Å². The van der Waals surface area contributed by atoms with E-state index >= 15 is 0 Å². The van der Waals surface area contributed by atoms with Crippen molar-refractivity contribution in [2.24, 2.45) is 0 Å². The highest BCUT2D eigenvalue weighted by molar-refractivity contribution is 5.87. The Morgan fingerprint density at radius 3 is 1.74 bits per heavy atom. The molecule has 0 unspecified atom stereocenters. The van der Waals surface area contributed by atoms with Crippen LogP contribution in [-0.4, -0.2) is 11.8 Å². The van der Waals surface area contributed by atoms with Crippen LogP contribution in [0.4, 0.5) is 0 Å². The molecule has 0 amide bonds. The molecule has 0 rings (SSSR count). The van der Waals surface area contributed by atoms with E-state index in [-0.39, 0.29) is 11.8 Å². The highest BCUT2D eigenvalue weighted by atomic mass is 16.5. The molecule has 0 atom stereocenters. The summed E-state index contributed by atoms with van der Waals surface area (Å²) in [5, 5.41) is 0. The fourth-order valence-electron chi connectivity index (χ4n) is 1.71. The summed E-state index contributed by atoms with van der Waals surface area (Å²) in [5.74, 6) is 0.253. The monoisotopic (exact) mass is 322 g/mol. The third kappa shape index (κ3) is 25.6. The molecule has 0 aliphatic rings. The molecule has 0 heterocycles. The highest BCUT2D eigenvalue weighted by Crippen LogP contribution is 2.02. The highest BCUT2D eigenvalue weighted by Gasteiger charge is 1.92. The van der Waals surface area contributed by atoms with E-state index < -0.39 is 0 Å². The molecule has 0 saturated carbocycles. The second kappa shape index (κ2) is 18.4. The summed E-state index contributed by atoms with van der Waals surface area (Å²) >= 11 is 0. The zero-order valence-electron chi connectivity index (χ0n) is 15.4. The number of carbonyl (C=O) groups excluding carboxylic acids is 2. The van der Waals surface area contributed by atoms with Gasteiger partial charge in [0.2, 0.25) is 0 Å². The van der Waals surface area contributed by atoms with Crippen LogP contribution in [0.1, 0.15) is 79.1 Å². The number of hydrogen-bond donors (Lipinski definition) is 0. The maximum atomic E-state index is 10.5. The van der Waals surface area contributed by atoms with E-state index in [0.29, 0.717) is 5.76 Å². The second-order valence-electron chi connectivity index (χ2n) is 5.47. The molecular weight excluding hydrogens is 288 g/mol. The average molecular weight is 322 g/mol. The number of allylic oxidation sites excluding steroid dienone is 4. The summed E-state index contributed by atoms with van der Waals surface area (Å²) in [6, 6.07) is 0. The van der Waals surface area contributed by atoms with Gasteiger partial charge in [-0.25, -0.2) is 0 Å². The third-order valence-electron chi connectivity index (χ3n) is 2.88. The summed E-state index contributed by atoms with van der Waals surface area (Å²) in [5.41, 5.74) is 0.